The Hall–Kier alpha value is -1.54. The highest BCUT2D eigenvalue weighted by molar-refractivity contribution is 7.47. The number of quaternary nitrogens is 1. The van der Waals surface area contributed by atoms with Gasteiger partial charge in [-0.25, -0.2) is 4.57 Å². The van der Waals surface area contributed by atoms with Crippen molar-refractivity contribution in [3.63, 3.8) is 0 Å². The molecule has 0 bridgehead atoms. The lowest BCUT2D eigenvalue weighted by molar-refractivity contribution is -0.870. The topological polar surface area (TPSA) is 105 Å². The van der Waals surface area contributed by atoms with Crippen molar-refractivity contribution in [1.82, 2.24) is 5.32 Å². The molecule has 0 spiro atoms. The third kappa shape index (κ3) is 65.9. The molecule has 0 aliphatic carbocycles. The van der Waals surface area contributed by atoms with Gasteiger partial charge >= 0.3 is 7.82 Å². The monoisotopic (exact) mass is 1160 g/mol. The summed E-state index contributed by atoms with van der Waals surface area (Å²) in [5.74, 6) is -0.182. The van der Waals surface area contributed by atoms with E-state index >= 15 is 0 Å². The van der Waals surface area contributed by atoms with E-state index in [9.17, 15) is 19.4 Å². The minimum absolute atomic E-state index is 0.0566. The van der Waals surface area contributed by atoms with Gasteiger partial charge in [-0.05, 0) is 64.2 Å². The molecule has 3 unspecified atom stereocenters. The van der Waals surface area contributed by atoms with Gasteiger partial charge in [-0.15, -0.1) is 0 Å². The molecule has 0 aromatic heterocycles. The molecule has 478 valence electrons. The van der Waals surface area contributed by atoms with Crippen molar-refractivity contribution in [2.45, 2.75) is 366 Å². The summed E-state index contributed by atoms with van der Waals surface area (Å²) in [6.45, 7) is 4.84. The number of carbonyl (C=O) groups is 1. The van der Waals surface area contributed by atoms with E-state index in [4.69, 9.17) is 9.05 Å². The van der Waals surface area contributed by atoms with Crippen LogP contribution in [-0.2, 0) is 18.4 Å². The second-order valence-corrected chi connectivity index (χ2v) is 27.1. The van der Waals surface area contributed by atoms with Crippen molar-refractivity contribution in [2.24, 2.45) is 0 Å². The van der Waals surface area contributed by atoms with Crippen LogP contribution in [-0.4, -0.2) is 73.4 Å². The quantitative estimate of drug-likeness (QED) is 0.0243. The highest BCUT2D eigenvalue weighted by Crippen LogP contribution is 2.43. The number of nitrogens with one attached hydrogen (secondary N) is 1. The summed E-state index contributed by atoms with van der Waals surface area (Å²) in [5.41, 5.74) is 0. The fraction of sp³-hybridized carbons (Fsp3) is 0.875. The average molecular weight is 1160 g/mol. The van der Waals surface area contributed by atoms with Gasteiger partial charge in [0.2, 0.25) is 5.91 Å². The zero-order chi connectivity index (χ0) is 59.1. The lowest BCUT2D eigenvalue weighted by atomic mass is 10.0. The summed E-state index contributed by atoms with van der Waals surface area (Å²) < 4.78 is 23.8. The summed E-state index contributed by atoms with van der Waals surface area (Å²) >= 11 is 0. The van der Waals surface area contributed by atoms with E-state index in [0.717, 1.165) is 44.9 Å². The van der Waals surface area contributed by atoms with E-state index in [1.165, 1.54) is 289 Å². The second kappa shape index (κ2) is 63.0. The van der Waals surface area contributed by atoms with Crippen molar-refractivity contribution < 1.29 is 32.9 Å². The molecular formula is C72H140N2O6P+. The number of carbonyl (C=O) groups excluding carboxylic acids is 1. The lowest BCUT2D eigenvalue weighted by Crippen LogP contribution is -2.45. The third-order valence-corrected chi connectivity index (χ3v) is 17.3. The Balaban J connectivity index is 4.08. The fourth-order valence-corrected chi connectivity index (χ4v) is 11.5. The van der Waals surface area contributed by atoms with Crippen LogP contribution in [0.25, 0.3) is 0 Å². The summed E-state index contributed by atoms with van der Waals surface area (Å²) in [7, 11) is 1.57. The number of aliphatic hydroxyl groups is 1. The van der Waals surface area contributed by atoms with Crippen LogP contribution in [0.4, 0.5) is 0 Å². The highest BCUT2D eigenvalue weighted by atomic mass is 31.2. The molecule has 1 amide bonds. The number of allylic oxidation sites excluding steroid dienone is 7. The predicted molar refractivity (Wildman–Crippen MR) is 355 cm³/mol. The highest BCUT2D eigenvalue weighted by Gasteiger charge is 2.28. The van der Waals surface area contributed by atoms with Crippen LogP contribution in [0, 0.1) is 0 Å². The SMILES string of the molecule is CCCCCCC/C=C\C/C=C\CCCCCCCCCCCCCCCCCC(=O)NC(COP(=O)(O)OCC[N+](C)(C)C)C(O)/C=C/CC/C=C/CCCCCCCCCCCCCCCCCCCCCCCCCCCC. The van der Waals surface area contributed by atoms with Gasteiger partial charge in [0.15, 0.2) is 0 Å². The van der Waals surface area contributed by atoms with Gasteiger partial charge in [-0.1, -0.05) is 332 Å². The van der Waals surface area contributed by atoms with E-state index in [-0.39, 0.29) is 19.1 Å². The van der Waals surface area contributed by atoms with Crippen molar-refractivity contribution in [3.05, 3.63) is 48.6 Å². The number of unbranched alkanes of at least 4 members (excludes halogenated alkanes) is 47. The molecule has 0 saturated heterocycles. The first kappa shape index (κ1) is 79.5. The van der Waals surface area contributed by atoms with Crippen LogP contribution < -0.4 is 5.32 Å². The van der Waals surface area contributed by atoms with Gasteiger partial charge in [-0.3, -0.25) is 13.8 Å². The van der Waals surface area contributed by atoms with Crippen molar-refractivity contribution >= 4 is 13.7 Å². The molecule has 0 aromatic rings. The maximum Gasteiger partial charge on any atom is 0.472 e. The van der Waals surface area contributed by atoms with Gasteiger partial charge in [0.25, 0.3) is 0 Å². The van der Waals surface area contributed by atoms with Crippen molar-refractivity contribution in [2.75, 3.05) is 40.9 Å². The van der Waals surface area contributed by atoms with Crippen LogP contribution in [0.3, 0.4) is 0 Å². The first-order valence-corrected chi connectivity index (χ1v) is 37.0. The number of nitrogens with zero attached hydrogens (tertiary/aromatic N) is 1. The second-order valence-electron chi connectivity index (χ2n) is 25.6. The van der Waals surface area contributed by atoms with Crippen molar-refractivity contribution in [1.29, 1.82) is 0 Å². The van der Waals surface area contributed by atoms with Crippen LogP contribution >= 0.6 is 7.82 Å². The maximum absolute atomic E-state index is 13.0. The number of hydrogen-bond acceptors (Lipinski definition) is 5. The summed E-state index contributed by atoms with van der Waals surface area (Å²) in [6.07, 6.45) is 85.6. The van der Waals surface area contributed by atoms with E-state index in [1.807, 2.05) is 27.2 Å². The number of amides is 1. The average Bonchev–Trinajstić information content (AvgIpc) is 3.43. The molecule has 0 fully saturated rings. The minimum atomic E-state index is -4.36. The van der Waals surface area contributed by atoms with Gasteiger partial charge in [0.05, 0.1) is 39.9 Å². The largest absolute Gasteiger partial charge is 0.472 e. The maximum atomic E-state index is 13.0. The molecule has 0 aromatic carbocycles. The third-order valence-electron chi connectivity index (χ3n) is 16.3. The number of hydrogen-bond donors (Lipinski definition) is 3. The van der Waals surface area contributed by atoms with Crippen LogP contribution in [0.15, 0.2) is 48.6 Å². The van der Waals surface area contributed by atoms with Crippen LogP contribution in [0.2, 0.25) is 0 Å². The molecule has 0 heterocycles. The Morgan fingerprint density at radius 1 is 0.420 bits per heavy atom. The summed E-state index contributed by atoms with van der Waals surface area (Å²) in [6, 6.07) is -0.866. The molecule has 0 radical (unpaired) electrons. The molecular weight excluding hydrogens is 1020 g/mol. The Labute approximate surface area is 505 Å². The molecule has 3 N–H and O–H groups in total. The fourth-order valence-electron chi connectivity index (χ4n) is 10.7. The van der Waals surface area contributed by atoms with Gasteiger partial charge < -0.3 is 19.8 Å². The molecule has 9 heteroatoms. The minimum Gasteiger partial charge on any atom is -0.387 e. The normalized spacial score (nSPS) is 13.9. The molecule has 3 atom stereocenters. The summed E-state index contributed by atoms with van der Waals surface area (Å²) in [5, 5.41) is 14.0. The number of phosphoric acid groups is 1. The van der Waals surface area contributed by atoms with Gasteiger partial charge in [0, 0.05) is 6.42 Å². The molecule has 0 rings (SSSR count). The number of likely N-dealkylation sites (N-methyl/N-ethyl adjacent to an activating group) is 1. The summed E-state index contributed by atoms with van der Waals surface area (Å²) in [4.78, 5) is 23.4. The molecule has 8 nitrogen and oxygen atoms in total. The zero-order valence-electron chi connectivity index (χ0n) is 54.8. The molecule has 0 aliphatic heterocycles. The number of rotatable bonds is 66. The van der Waals surface area contributed by atoms with Crippen molar-refractivity contribution in [3.8, 4) is 0 Å². The molecule has 0 aliphatic rings. The van der Waals surface area contributed by atoms with Crippen LogP contribution in [0.1, 0.15) is 354 Å². The first-order chi connectivity index (χ1) is 39.5. The van der Waals surface area contributed by atoms with E-state index in [0.29, 0.717) is 17.4 Å². The van der Waals surface area contributed by atoms with Crippen LogP contribution in [0.5, 0.6) is 0 Å². The van der Waals surface area contributed by atoms with E-state index in [2.05, 4.69) is 55.6 Å². The number of phosphoric ester groups is 1. The van der Waals surface area contributed by atoms with Gasteiger partial charge in [-0.2, -0.15) is 0 Å². The molecule has 0 saturated carbocycles. The van der Waals surface area contributed by atoms with E-state index in [1.54, 1.807) is 6.08 Å². The molecule has 81 heavy (non-hydrogen) atoms. The predicted octanol–water partition coefficient (Wildman–Crippen LogP) is 22.6. The lowest BCUT2D eigenvalue weighted by Gasteiger charge is -2.25. The van der Waals surface area contributed by atoms with Gasteiger partial charge in [0.1, 0.15) is 13.2 Å². The Morgan fingerprint density at radius 3 is 1.06 bits per heavy atom. The zero-order valence-corrected chi connectivity index (χ0v) is 55.7. The smallest absolute Gasteiger partial charge is 0.387 e. The standard InChI is InChI=1S/C72H139N2O6P/c1-6-8-10-12-14-16-18-20-22-24-26-28-30-32-34-35-36-37-38-40-41-43-45-47-49-51-53-55-57-59-61-63-65-71(75)70(69-80-81(77,78)79-68-67-74(3,4)5)73-72(76)66-64-62-60-58-56-54-52-50-48-46-44-42-39-33-31-29-27-25-23-21-19-17-15-13-11-9-7-2/h19,21,25,27,55,57,63,65,70-71,75H,6-18,20,22-24,26,28-54,56,58-62,64,66-69H2,1-5H3,(H-,73,76,77,78)/p+1/b21-19-,27-25-,57-55+,65-63+. The Bertz CT molecular complexity index is 1460. The Kier molecular flexibility index (Phi) is 61.8. The van der Waals surface area contributed by atoms with E-state index < -0.39 is 20.0 Å². The first-order valence-electron chi connectivity index (χ1n) is 35.5. The number of aliphatic hydroxyl groups excluding tert-OH is 1. The Morgan fingerprint density at radius 2 is 0.716 bits per heavy atom.